The molecule has 1 aliphatic carbocycles. The van der Waals surface area contributed by atoms with Gasteiger partial charge >= 0.3 is 0 Å². The van der Waals surface area contributed by atoms with Crippen LogP contribution in [0.15, 0.2) is 29.3 Å². The van der Waals surface area contributed by atoms with E-state index in [1.807, 2.05) is 0 Å². The normalized spacial score (nSPS) is 22.5. The SMILES string of the molecule is CCCC(C)CN(CC1CCC1)C1CCC=Nc2ccccc21. The van der Waals surface area contributed by atoms with Gasteiger partial charge in [-0.05, 0) is 55.6 Å². The highest BCUT2D eigenvalue weighted by Gasteiger charge is 2.29. The average Bonchev–Trinajstić information content (AvgIpc) is 2.72. The lowest BCUT2D eigenvalue weighted by molar-refractivity contribution is 0.110. The van der Waals surface area contributed by atoms with Crippen LogP contribution in [0.1, 0.15) is 70.4 Å². The van der Waals surface area contributed by atoms with Crippen LogP contribution in [0.2, 0.25) is 0 Å². The van der Waals surface area contributed by atoms with Crippen molar-refractivity contribution >= 4 is 11.9 Å². The van der Waals surface area contributed by atoms with Crippen molar-refractivity contribution in [3.63, 3.8) is 0 Å². The lowest BCUT2D eigenvalue weighted by atomic mass is 9.84. The van der Waals surface area contributed by atoms with Crippen molar-refractivity contribution in [2.45, 2.75) is 64.8 Å². The van der Waals surface area contributed by atoms with Gasteiger partial charge < -0.3 is 0 Å². The van der Waals surface area contributed by atoms with E-state index >= 15 is 0 Å². The molecule has 2 aliphatic rings. The Balaban J connectivity index is 1.80. The first kappa shape index (κ1) is 16.7. The molecule has 2 atom stereocenters. The summed E-state index contributed by atoms with van der Waals surface area (Å²) in [6.07, 6.45) is 11.4. The fraction of sp³-hybridized carbons (Fsp3) is 0.667. The number of aliphatic imine (C=N–C) groups is 1. The summed E-state index contributed by atoms with van der Waals surface area (Å²) in [5.41, 5.74) is 2.64. The topological polar surface area (TPSA) is 15.6 Å². The second-order valence-corrected chi connectivity index (χ2v) is 7.61. The van der Waals surface area contributed by atoms with Gasteiger partial charge in [-0.2, -0.15) is 0 Å². The van der Waals surface area contributed by atoms with Gasteiger partial charge in [-0.25, -0.2) is 0 Å². The molecule has 23 heavy (non-hydrogen) atoms. The smallest absolute Gasteiger partial charge is 0.0673 e. The van der Waals surface area contributed by atoms with Crippen molar-refractivity contribution in [1.82, 2.24) is 4.90 Å². The fourth-order valence-corrected chi connectivity index (χ4v) is 4.14. The number of para-hydroxylation sites is 1. The fourth-order valence-electron chi connectivity index (χ4n) is 4.14. The minimum absolute atomic E-state index is 0.550. The summed E-state index contributed by atoms with van der Waals surface area (Å²) in [6.45, 7) is 7.26. The Labute approximate surface area is 142 Å². The molecule has 1 fully saturated rings. The molecular formula is C21H32N2. The van der Waals surface area contributed by atoms with Crippen LogP contribution in [0.5, 0.6) is 0 Å². The summed E-state index contributed by atoms with van der Waals surface area (Å²) in [5.74, 6) is 1.72. The second-order valence-electron chi connectivity index (χ2n) is 7.61. The van der Waals surface area contributed by atoms with Gasteiger partial charge in [0.1, 0.15) is 0 Å². The number of hydrogen-bond acceptors (Lipinski definition) is 2. The molecule has 126 valence electrons. The van der Waals surface area contributed by atoms with Gasteiger partial charge in [0.05, 0.1) is 5.69 Å². The number of fused-ring (bicyclic) bond motifs is 1. The molecule has 0 amide bonds. The molecule has 1 aliphatic heterocycles. The van der Waals surface area contributed by atoms with Crippen LogP contribution >= 0.6 is 0 Å². The van der Waals surface area contributed by atoms with E-state index in [0.29, 0.717) is 6.04 Å². The maximum atomic E-state index is 4.70. The van der Waals surface area contributed by atoms with Crippen molar-refractivity contribution in [2.75, 3.05) is 13.1 Å². The second kappa shape index (κ2) is 8.10. The van der Waals surface area contributed by atoms with Crippen molar-refractivity contribution in [3.8, 4) is 0 Å². The molecule has 0 N–H and O–H groups in total. The molecule has 0 radical (unpaired) electrons. The standard InChI is InChI=1S/C21H32N2/c1-3-8-17(2)15-23(16-18-9-6-10-18)21-13-7-14-22-20-12-5-4-11-19(20)21/h4-5,11-12,14,17-18,21H,3,6-10,13,15-16H2,1-2H3. The summed E-state index contributed by atoms with van der Waals surface area (Å²) in [4.78, 5) is 7.50. The summed E-state index contributed by atoms with van der Waals surface area (Å²) in [5, 5.41) is 0. The Morgan fingerprint density at radius 3 is 2.78 bits per heavy atom. The Morgan fingerprint density at radius 1 is 1.22 bits per heavy atom. The molecule has 0 aromatic heterocycles. The Morgan fingerprint density at radius 2 is 2.04 bits per heavy atom. The molecule has 2 heteroatoms. The van der Waals surface area contributed by atoms with Crippen LogP contribution in [0.3, 0.4) is 0 Å². The van der Waals surface area contributed by atoms with Crippen molar-refractivity contribution < 1.29 is 0 Å². The van der Waals surface area contributed by atoms with Crippen molar-refractivity contribution in [2.24, 2.45) is 16.8 Å². The van der Waals surface area contributed by atoms with E-state index in [2.05, 4.69) is 49.2 Å². The van der Waals surface area contributed by atoms with Crippen LogP contribution in [0.25, 0.3) is 0 Å². The number of rotatable bonds is 7. The van der Waals surface area contributed by atoms with E-state index in [1.54, 1.807) is 0 Å². The molecular weight excluding hydrogens is 280 g/mol. The highest BCUT2D eigenvalue weighted by molar-refractivity contribution is 5.66. The highest BCUT2D eigenvalue weighted by atomic mass is 15.2. The number of nitrogens with zero attached hydrogens (tertiary/aromatic N) is 2. The molecule has 2 nitrogen and oxygen atoms in total. The number of benzene rings is 1. The first-order valence-corrected chi connectivity index (χ1v) is 9.63. The zero-order valence-electron chi connectivity index (χ0n) is 14.9. The highest BCUT2D eigenvalue weighted by Crippen LogP contribution is 2.38. The molecule has 1 heterocycles. The minimum atomic E-state index is 0.550. The van der Waals surface area contributed by atoms with E-state index in [4.69, 9.17) is 4.99 Å². The van der Waals surface area contributed by atoms with Gasteiger partial charge in [0.25, 0.3) is 0 Å². The first-order chi connectivity index (χ1) is 11.3. The van der Waals surface area contributed by atoms with Crippen LogP contribution in [0, 0.1) is 11.8 Å². The first-order valence-electron chi connectivity index (χ1n) is 9.63. The van der Waals surface area contributed by atoms with E-state index < -0.39 is 0 Å². The molecule has 0 spiro atoms. The molecule has 1 saturated carbocycles. The lowest BCUT2D eigenvalue weighted by Gasteiger charge is -2.39. The van der Waals surface area contributed by atoms with Crippen LogP contribution in [-0.4, -0.2) is 24.2 Å². The van der Waals surface area contributed by atoms with Crippen LogP contribution in [0.4, 0.5) is 5.69 Å². The predicted octanol–water partition coefficient (Wildman–Crippen LogP) is 5.76. The van der Waals surface area contributed by atoms with Crippen molar-refractivity contribution in [3.05, 3.63) is 29.8 Å². The molecule has 3 rings (SSSR count). The predicted molar refractivity (Wildman–Crippen MR) is 99.6 cm³/mol. The Bertz CT molecular complexity index is 518. The summed E-state index contributed by atoms with van der Waals surface area (Å²) < 4.78 is 0. The van der Waals surface area contributed by atoms with Crippen LogP contribution in [-0.2, 0) is 0 Å². The van der Waals surface area contributed by atoms with Gasteiger partial charge in [-0.3, -0.25) is 9.89 Å². The molecule has 2 unspecified atom stereocenters. The van der Waals surface area contributed by atoms with Gasteiger partial charge in [-0.1, -0.05) is 44.9 Å². The lowest BCUT2D eigenvalue weighted by Crippen LogP contribution is -2.38. The summed E-state index contributed by atoms with van der Waals surface area (Å²) in [6, 6.07) is 9.34. The van der Waals surface area contributed by atoms with E-state index in [0.717, 1.165) is 18.3 Å². The molecule has 1 aromatic rings. The maximum absolute atomic E-state index is 4.70. The van der Waals surface area contributed by atoms with Gasteiger partial charge in [0.15, 0.2) is 0 Å². The quantitative estimate of drug-likeness (QED) is 0.624. The van der Waals surface area contributed by atoms with E-state index in [1.165, 1.54) is 62.9 Å². The third-order valence-corrected chi connectivity index (χ3v) is 5.58. The molecule has 0 bridgehead atoms. The van der Waals surface area contributed by atoms with Gasteiger partial charge in [-0.15, -0.1) is 0 Å². The monoisotopic (exact) mass is 312 g/mol. The van der Waals surface area contributed by atoms with Gasteiger partial charge in [0.2, 0.25) is 0 Å². The van der Waals surface area contributed by atoms with Crippen LogP contribution < -0.4 is 0 Å². The Kier molecular flexibility index (Phi) is 5.88. The largest absolute Gasteiger partial charge is 0.296 e. The minimum Gasteiger partial charge on any atom is -0.296 e. The number of hydrogen-bond donors (Lipinski definition) is 0. The molecule has 0 saturated heterocycles. The summed E-state index contributed by atoms with van der Waals surface area (Å²) in [7, 11) is 0. The third kappa shape index (κ3) is 4.23. The summed E-state index contributed by atoms with van der Waals surface area (Å²) >= 11 is 0. The van der Waals surface area contributed by atoms with Crippen molar-refractivity contribution in [1.29, 1.82) is 0 Å². The zero-order valence-corrected chi connectivity index (χ0v) is 14.9. The van der Waals surface area contributed by atoms with E-state index in [-0.39, 0.29) is 0 Å². The average molecular weight is 313 g/mol. The van der Waals surface area contributed by atoms with E-state index in [9.17, 15) is 0 Å². The zero-order chi connectivity index (χ0) is 16.1. The third-order valence-electron chi connectivity index (χ3n) is 5.58. The maximum Gasteiger partial charge on any atom is 0.0673 e. The van der Waals surface area contributed by atoms with Gasteiger partial charge in [0, 0.05) is 25.3 Å². The molecule has 1 aromatic carbocycles. The Hall–Kier alpha value is -1.15.